The van der Waals surface area contributed by atoms with Crippen LogP contribution < -0.4 is 5.32 Å². The first-order valence-electron chi connectivity index (χ1n) is 6.63. The van der Waals surface area contributed by atoms with Crippen molar-refractivity contribution in [3.8, 4) is 0 Å². The fourth-order valence-electron chi connectivity index (χ4n) is 2.25. The predicted molar refractivity (Wildman–Crippen MR) is 80.1 cm³/mol. The Morgan fingerprint density at radius 1 is 1.25 bits per heavy atom. The normalized spacial score (nSPS) is 19.1. The first-order valence-corrected chi connectivity index (χ1v) is 7.01. The molecular formula is C15H17ClN2O2. The number of halogens is 1. The van der Waals surface area contributed by atoms with Gasteiger partial charge in [0.25, 0.3) is 0 Å². The van der Waals surface area contributed by atoms with E-state index in [1.807, 2.05) is 38.1 Å². The highest BCUT2D eigenvalue weighted by Crippen LogP contribution is 2.29. The van der Waals surface area contributed by atoms with Crippen molar-refractivity contribution in [2.24, 2.45) is 0 Å². The zero-order valence-corrected chi connectivity index (χ0v) is 12.3. The molecule has 1 aliphatic heterocycles. The number of anilines is 1. The Hall–Kier alpha value is -1.36. The molecule has 106 valence electrons. The molecule has 0 spiro atoms. The van der Waals surface area contributed by atoms with E-state index >= 15 is 0 Å². The Balaban J connectivity index is 1.83. The summed E-state index contributed by atoms with van der Waals surface area (Å²) in [5.41, 5.74) is 1.81. The average Bonchev–Trinajstić information content (AvgIpc) is 2.44. The number of fused-ring (bicyclic) bond motifs is 1. The molecule has 0 saturated carbocycles. The van der Waals surface area contributed by atoms with Crippen LogP contribution in [0, 0.1) is 0 Å². The Morgan fingerprint density at radius 2 is 2.00 bits per heavy atom. The molecule has 0 radical (unpaired) electrons. The summed E-state index contributed by atoms with van der Waals surface area (Å²) in [5, 5.41) is 5.06. The molecule has 0 unspecified atom stereocenters. The van der Waals surface area contributed by atoms with E-state index in [4.69, 9.17) is 21.1 Å². The van der Waals surface area contributed by atoms with Crippen molar-refractivity contribution in [1.29, 1.82) is 0 Å². The monoisotopic (exact) mass is 292 g/mol. The molecule has 2 heterocycles. The Bertz CT molecular complexity index is 620. The first-order chi connectivity index (χ1) is 9.55. The molecule has 1 aromatic carbocycles. The van der Waals surface area contributed by atoms with E-state index in [9.17, 15) is 0 Å². The lowest BCUT2D eigenvalue weighted by molar-refractivity contribution is -0.247. The second-order valence-corrected chi connectivity index (χ2v) is 5.76. The lowest BCUT2D eigenvalue weighted by Crippen LogP contribution is -2.45. The van der Waals surface area contributed by atoms with Crippen LogP contribution in [0.5, 0.6) is 0 Å². The number of aromatic nitrogens is 1. The van der Waals surface area contributed by atoms with Gasteiger partial charge in [-0.15, -0.1) is 0 Å². The van der Waals surface area contributed by atoms with Gasteiger partial charge in [0.2, 0.25) is 0 Å². The minimum absolute atomic E-state index is 0.106. The zero-order valence-electron chi connectivity index (χ0n) is 11.5. The molecular weight excluding hydrogens is 276 g/mol. The average molecular weight is 293 g/mol. The predicted octanol–water partition coefficient (Wildman–Crippen LogP) is 3.45. The Morgan fingerprint density at radius 3 is 2.75 bits per heavy atom. The molecule has 4 nitrogen and oxygen atoms in total. The van der Waals surface area contributed by atoms with Gasteiger partial charge in [0, 0.05) is 11.6 Å². The van der Waals surface area contributed by atoms with Crippen LogP contribution in [-0.4, -0.2) is 30.0 Å². The standard InChI is InChI=1S/C15H17ClN2O2/c1-15(2)19-8-10(9-20-15)18-13-6-5-12(16)11-4-3-7-17-14(11)13/h3-7,10,18H,8-9H2,1-2H3. The van der Waals surface area contributed by atoms with Crippen LogP contribution in [0.15, 0.2) is 30.5 Å². The van der Waals surface area contributed by atoms with E-state index in [0.29, 0.717) is 18.2 Å². The molecule has 0 aliphatic carbocycles. The van der Waals surface area contributed by atoms with Gasteiger partial charge in [-0.1, -0.05) is 11.6 Å². The summed E-state index contributed by atoms with van der Waals surface area (Å²) in [7, 11) is 0. The van der Waals surface area contributed by atoms with E-state index < -0.39 is 5.79 Å². The fraction of sp³-hybridized carbons (Fsp3) is 0.400. The van der Waals surface area contributed by atoms with Crippen LogP contribution in [0.4, 0.5) is 5.69 Å². The van der Waals surface area contributed by atoms with Crippen molar-refractivity contribution >= 4 is 28.2 Å². The summed E-state index contributed by atoms with van der Waals surface area (Å²) < 4.78 is 11.3. The maximum atomic E-state index is 6.19. The van der Waals surface area contributed by atoms with Gasteiger partial charge >= 0.3 is 0 Å². The number of nitrogens with zero attached hydrogens (tertiary/aromatic N) is 1. The van der Waals surface area contributed by atoms with Crippen LogP contribution in [0.3, 0.4) is 0 Å². The maximum Gasteiger partial charge on any atom is 0.162 e. The van der Waals surface area contributed by atoms with Gasteiger partial charge in [0.15, 0.2) is 5.79 Å². The second-order valence-electron chi connectivity index (χ2n) is 5.36. The highest BCUT2D eigenvalue weighted by Gasteiger charge is 2.28. The van der Waals surface area contributed by atoms with Crippen LogP contribution in [0.25, 0.3) is 10.9 Å². The molecule has 5 heteroatoms. The van der Waals surface area contributed by atoms with Crippen molar-refractivity contribution in [3.05, 3.63) is 35.5 Å². The van der Waals surface area contributed by atoms with Gasteiger partial charge in [0.1, 0.15) is 0 Å². The first kappa shape index (κ1) is 13.6. The van der Waals surface area contributed by atoms with Crippen LogP contribution >= 0.6 is 11.6 Å². The van der Waals surface area contributed by atoms with Crippen molar-refractivity contribution < 1.29 is 9.47 Å². The van der Waals surface area contributed by atoms with E-state index in [-0.39, 0.29) is 6.04 Å². The van der Waals surface area contributed by atoms with E-state index in [2.05, 4.69) is 10.3 Å². The third-order valence-electron chi connectivity index (χ3n) is 3.34. The lowest BCUT2D eigenvalue weighted by Gasteiger charge is -2.35. The number of ether oxygens (including phenoxy) is 2. The van der Waals surface area contributed by atoms with Crippen molar-refractivity contribution in [3.63, 3.8) is 0 Å². The number of pyridine rings is 1. The number of hydrogen-bond donors (Lipinski definition) is 1. The molecule has 0 bridgehead atoms. The third kappa shape index (κ3) is 2.73. The van der Waals surface area contributed by atoms with E-state index in [0.717, 1.165) is 16.6 Å². The Kier molecular flexibility index (Phi) is 3.54. The molecule has 1 N–H and O–H groups in total. The fourth-order valence-corrected chi connectivity index (χ4v) is 2.47. The van der Waals surface area contributed by atoms with Crippen LogP contribution in [0.1, 0.15) is 13.8 Å². The molecule has 0 amide bonds. The molecule has 1 aliphatic rings. The van der Waals surface area contributed by atoms with Gasteiger partial charge in [-0.2, -0.15) is 0 Å². The topological polar surface area (TPSA) is 43.4 Å². The van der Waals surface area contributed by atoms with Crippen LogP contribution in [0.2, 0.25) is 5.02 Å². The minimum atomic E-state index is -0.501. The Labute approximate surface area is 123 Å². The highest BCUT2D eigenvalue weighted by atomic mass is 35.5. The van der Waals surface area contributed by atoms with E-state index in [1.165, 1.54) is 0 Å². The van der Waals surface area contributed by atoms with Gasteiger partial charge in [-0.25, -0.2) is 0 Å². The molecule has 0 atom stereocenters. The summed E-state index contributed by atoms with van der Waals surface area (Å²) in [6, 6.07) is 7.77. The molecule has 20 heavy (non-hydrogen) atoms. The van der Waals surface area contributed by atoms with Crippen molar-refractivity contribution in [1.82, 2.24) is 4.98 Å². The molecule has 1 aromatic heterocycles. The van der Waals surface area contributed by atoms with Crippen LogP contribution in [-0.2, 0) is 9.47 Å². The summed E-state index contributed by atoms with van der Waals surface area (Å²) in [6.07, 6.45) is 1.76. The molecule has 1 saturated heterocycles. The quantitative estimate of drug-likeness (QED) is 0.921. The summed E-state index contributed by atoms with van der Waals surface area (Å²) in [5.74, 6) is -0.501. The smallest absolute Gasteiger partial charge is 0.162 e. The zero-order chi connectivity index (χ0) is 14.2. The van der Waals surface area contributed by atoms with Crippen molar-refractivity contribution in [2.45, 2.75) is 25.7 Å². The highest BCUT2D eigenvalue weighted by molar-refractivity contribution is 6.35. The van der Waals surface area contributed by atoms with Crippen molar-refractivity contribution in [2.75, 3.05) is 18.5 Å². The SMILES string of the molecule is CC1(C)OCC(Nc2ccc(Cl)c3cccnc23)CO1. The van der Waals surface area contributed by atoms with Gasteiger partial charge in [0.05, 0.1) is 35.5 Å². The summed E-state index contributed by atoms with van der Waals surface area (Å²) in [6.45, 7) is 5.04. The summed E-state index contributed by atoms with van der Waals surface area (Å²) in [4.78, 5) is 4.41. The number of nitrogens with one attached hydrogen (secondary N) is 1. The van der Waals surface area contributed by atoms with E-state index in [1.54, 1.807) is 6.20 Å². The maximum absolute atomic E-state index is 6.19. The van der Waals surface area contributed by atoms with Gasteiger partial charge in [-0.3, -0.25) is 4.98 Å². The number of benzene rings is 1. The number of rotatable bonds is 2. The minimum Gasteiger partial charge on any atom is -0.376 e. The third-order valence-corrected chi connectivity index (χ3v) is 3.67. The van der Waals surface area contributed by atoms with Gasteiger partial charge in [-0.05, 0) is 38.1 Å². The summed E-state index contributed by atoms with van der Waals surface area (Å²) >= 11 is 6.19. The molecule has 2 aromatic rings. The second kappa shape index (κ2) is 5.20. The number of hydrogen-bond acceptors (Lipinski definition) is 4. The largest absolute Gasteiger partial charge is 0.376 e. The van der Waals surface area contributed by atoms with Gasteiger partial charge < -0.3 is 14.8 Å². The molecule has 1 fully saturated rings. The molecule has 3 rings (SSSR count). The lowest BCUT2D eigenvalue weighted by atomic mass is 10.1.